The molecule has 0 unspecified atom stereocenters. The molecular formula is C16H21N3S. The minimum atomic E-state index is 0.623. The van der Waals surface area contributed by atoms with E-state index in [2.05, 4.69) is 40.1 Å². The normalized spacial score (nSPS) is 15.7. The molecule has 1 aliphatic rings. The van der Waals surface area contributed by atoms with Gasteiger partial charge in [0.1, 0.15) is 5.82 Å². The number of nitrogens with one attached hydrogen (secondary N) is 1. The van der Waals surface area contributed by atoms with Crippen molar-refractivity contribution >= 4 is 17.2 Å². The quantitative estimate of drug-likeness (QED) is 0.867. The minimum Gasteiger partial charge on any atom is -0.370 e. The second-order valence-corrected chi connectivity index (χ2v) is 6.20. The average Bonchev–Trinajstić information content (AvgIpc) is 3.17. The highest BCUT2D eigenvalue weighted by atomic mass is 32.1. The Bertz CT molecular complexity index is 545. The highest BCUT2D eigenvalue weighted by molar-refractivity contribution is 7.08. The van der Waals surface area contributed by atoms with Crippen molar-refractivity contribution in [1.29, 1.82) is 0 Å². The van der Waals surface area contributed by atoms with Crippen LogP contribution in [0.4, 0.5) is 5.82 Å². The molecule has 2 heterocycles. The Balaban J connectivity index is 1.94. The first kappa shape index (κ1) is 13.6. The lowest BCUT2D eigenvalue weighted by Gasteiger charge is -2.13. The van der Waals surface area contributed by atoms with Gasteiger partial charge in [0, 0.05) is 35.2 Å². The average molecular weight is 287 g/mol. The van der Waals surface area contributed by atoms with Gasteiger partial charge in [0.05, 0.1) is 0 Å². The van der Waals surface area contributed by atoms with Gasteiger partial charge < -0.3 is 5.32 Å². The summed E-state index contributed by atoms with van der Waals surface area (Å²) in [4.78, 5) is 9.49. The summed E-state index contributed by atoms with van der Waals surface area (Å²) < 4.78 is 0. The van der Waals surface area contributed by atoms with Crippen LogP contribution in [0.1, 0.15) is 50.6 Å². The summed E-state index contributed by atoms with van der Waals surface area (Å²) in [5.74, 6) is 2.47. The summed E-state index contributed by atoms with van der Waals surface area (Å²) >= 11 is 1.70. The molecule has 4 heteroatoms. The van der Waals surface area contributed by atoms with E-state index in [0.717, 1.165) is 30.2 Å². The maximum absolute atomic E-state index is 4.82. The van der Waals surface area contributed by atoms with Crippen molar-refractivity contribution in [3.8, 4) is 11.4 Å². The molecule has 20 heavy (non-hydrogen) atoms. The summed E-state index contributed by atoms with van der Waals surface area (Å²) in [6, 6.07) is 4.25. The van der Waals surface area contributed by atoms with E-state index in [0.29, 0.717) is 5.92 Å². The highest BCUT2D eigenvalue weighted by Gasteiger charge is 2.20. The number of aromatic nitrogens is 2. The van der Waals surface area contributed by atoms with Gasteiger partial charge in [-0.25, -0.2) is 9.97 Å². The third-order valence-electron chi connectivity index (χ3n) is 3.85. The van der Waals surface area contributed by atoms with Crippen LogP contribution in [0.15, 0.2) is 22.9 Å². The Labute approximate surface area is 124 Å². The van der Waals surface area contributed by atoms with Gasteiger partial charge in [-0.15, -0.1) is 0 Å². The molecule has 0 saturated heterocycles. The van der Waals surface area contributed by atoms with Gasteiger partial charge >= 0.3 is 0 Å². The summed E-state index contributed by atoms with van der Waals surface area (Å²) in [6.07, 6.45) is 6.32. The zero-order valence-corrected chi connectivity index (χ0v) is 12.7. The number of thiophene rings is 1. The van der Waals surface area contributed by atoms with E-state index in [1.807, 2.05) is 0 Å². The van der Waals surface area contributed by atoms with Crippen LogP contribution in [0.3, 0.4) is 0 Å². The minimum absolute atomic E-state index is 0.623. The lowest BCUT2D eigenvalue weighted by Crippen LogP contribution is -2.07. The summed E-state index contributed by atoms with van der Waals surface area (Å²) in [6.45, 7) is 3.13. The SMILES string of the molecule is CCCNc1cc(C2CCCC2)nc(-c2ccsc2)n1. The molecule has 0 bridgehead atoms. The van der Waals surface area contributed by atoms with Crippen LogP contribution in [-0.2, 0) is 0 Å². The Morgan fingerprint density at radius 2 is 2.15 bits per heavy atom. The molecule has 3 nitrogen and oxygen atoms in total. The maximum atomic E-state index is 4.82. The molecule has 1 N–H and O–H groups in total. The summed E-state index contributed by atoms with van der Waals surface area (Å²) in [7, 11) is 0. The van der Waals surface area contributed by atoms with Crippen molar-refractivity contribution in [1.82, 2.24) is 9.97 Å². The van der Waals surface area contributed by atoms with Gasteiger partial charge in [0.15, 0.2) is 5.82 Å². The zero-order valence-electron chi connectivity index (χ0n) is 11.9. The van der Waals surface area contributed by atoms with Crippen LogP contribution < -0.4 is 5.32 Å². The fourth-order valence-electron chi connectivity index (χ4n) is 2.76. The van der Waals surface area contributed by atoms with Crippen molar-refractivity contribution in [3.05, 3.63) is 28.6 Å². The van der Waals surface area contributed by atoms with Crippen molar-refractivity contribution in [3.63, 3.8) is 0 Å². The third-order valence-corrected chi connectivity index (χ3v) is 4.54. The van der Waals surface area contributed by atoms with Gasteiger partial charge in [0.2, 0.25) is 0 Å². The third kappa shape index (κ3) is 3.01. The second kappa shape index (κ2) is 6.35. The van der Waals surface area contributed by atoms with E-state index in [-0.39, 0.29) is 0 Å². The molecule has 0 aromatic carbocycles. The van der Waals surface area contributed by atoms with Crippen molar-refractivity contribution in [2.45, 2.75) is 44.9 Å². The number of hydrogen-bond acceptors (Lipinski definition) is 4. The fourth-order valence-corrected chi connectivity index (χ4v) is 3.40. The molecule has 0 aliphatic heterocycles. The first-order chi connectivity index (χ1) is 9.86. The Kier molecular flexibility index (Phi) is 4.31. The van der Waals surface area contributed by atoms with E-state index in [1.165, 1.54) is 31.4 Å². The van der Waals surface area contributed by atoms with Gasteiger partial charge in [-0.3, -0.25) is 0 Å². The second-order valence-electron chi connectivity index (χ2n) is 5.42. The number of hydrogen-bond donors (Lipinski definition) is 1. The smallest absolute Gasteiger partial charge is 0.162 e. The van der Waals surface area contributed by atoms with Crippen molar-refractivity contribution in [2.75, 3.05) is 11.9 Å². The van der Waals surface area contributed by atoms with Gasteiger partial charge in [-0.2, -0.15) is 11.3 Å². The van der Waals surface area contributed by atoms with Crippen LogP contribution >= 0.6 is 11.3 Å². The molecule has 1 fully saturated rings. The van der Waals surface area contributed by atoms with E-state index in [4.69, 9.17) is 4.98 Å². The van der Waals surface area contributed by atoms with Crippen LogP contribution in [0.2, 0.25) is 0 Å². The molecule has 2 aromatic heterocycles. The predicted molar refractivity (Wildman–Crippen MR) is 85.3 cm³/mol. The van der Waals surface area contributed by atoms with E-state index < -0.39 is 0 Å². The molecule has 2 aromatic rings. The number of nitrogens with zero attached hydrogens (tertiary/aromatic N) is 2. The van der Waals surface area contributed by atoms with Crippen LogP contribution in [-0.4, -0.2) is 16.5 Å². The fraction of sp³-hybridized carbons (Fsp3) is 0.500. The van der Waals surface area contributed by atoms with Gasteiger partial charge in [-0.1, -0.05) is 19.8 Å². The number of anilines is 1. The Hall–Kier alpha value is -1.42. The molecule has 1 aliphatic carbocycles. The van der Waals surface area contributed by atoms with Gasteiger partial charge in [-0.05, 0) is 30.7 Å². The standard InChI is InChI=1S/C16H21N3S/c1-2-8-17-15-10-14(12-5-3-4-6-12)18-16(19-15)13-7-9-20-11-13/h7,9-12H,2-6,8H2,1H3,(H,17,18,19). The van der Waals surface area contributed by atoms with Crippen LogP contribution in [0.25, 0.3) is 11.4 Å². The Morgan fingerprint density at radius 3 is 2.85 bits per heavy atom. The van der Waals surface area contributed by atoms with E-state index >= 15 is 0 Å². The lowest BCUT2D eigenvalue weighted by atomic mass is 10.0. The monoisotopic (exact) mass is 287 g/mol. The van der Waals surface area contributed by atoms with Crippen LogP contribution in [0, 0.1) is 0 Å². The molecule has 0 amide bonds. The lowest BCUT2D eigenvalue weighted by molar-refractivity contribution is 0.695. The first-order valence-corrected chi connectivity index (χ1v) is 8.46. The van der Waals surface area contributed by atoms with Crippen LogP contribution in [0.5, 0.6) is 0 Å². The largest absolute Gasteiger partial charge is 0.370 e. The van der Waals surface area contributed by atoms with E-state index in [1.54, 1.807) is 11.3 Å². The first-order valence-electron chi connectivity index (χ1n) is 7.52. The Morgan fingerprint density at radius 1 is 1.30 bits per heavy atom. The van der Waals surface area contributed by atoms with Crippen molar-refractivity contribution in [2.24, 2.45) is 0 Å². The summed E-state index contributed by atoms with van der Waals surface area (Å²) in [5, 5.41) is 7.62. The molecule has 1 saturated carbocycles. The molecule has 3 rings (SSSR count). The van der Waals surface area contributed by atoms with E-state index in [9.17, 15) is 0 Å². The summed E-state index contributed by atoms with van der Waals surface area (Å²) in [5.41, 5.74) is 2.35. The van der Waals surface area contributed by atoms with Gasteiger partial charge in [0.25, 0.3) is 0 Å². The molecule has 0 radical (unpaired) electrons. The molecule has 0 atom stereocenters. The molecule has 0 spiro atoms. The zero-order chi connectivity index (χ0) is 13.8. The van der Waals surface area contributed by atoms with Crippen molar-refractivity contribution < 1.29 is 0 Å². The molecular weight excluding hydrogens is 266 g/mol. The molecule has 106 valence electrons. The maximum Gasteiger partial charge on any atom is 0.162 e. The topological polar surface area (TPSA) is 37.8 Å². The predicted octanol–water partition coefficient (Wildman–Crippen LogP) is 4.68. The number of rotatable bonds is 5. The highest BCUT2D eigenvalue weighted by Crippen LogP contribution is 2.34.